The van der Waals surface area contributed by atoms with Crippen LogP contribution < -0.4 is 10.6 Å². The Morgan fingerprint density at radius 1 is 1.21 bits per heavy atom. The third kappa shape index (κ3) is 3.84. The normalized spacial score (nSPS) is 11.7. The number of amides is 2. The molecule has 3 aromatic heterocycles. The molecule has 3 aromatic rings. The summed E-state index contributed by atoms with van der Waals surface area (Å²) in [5, 5.41) is 9.53. The van der Waals surface area contributed by atoms with E-state index in [9.17, 15) is 9.59 Å². The van der Waals surface area contributed by atoms with Crippen LogP contribution in [0.3, 0.4) is 0 Å². The number of pyridine rings is 1. The first-order valence-electron chi connectivity index (χ1n) is 7.14. The molecule has 0 fully saturated rings. The molecule has 3 heterocycles. The maximum Gasteiger partial charge on any atom is 0.261 e. The van der Waals surface area contributed by atoms with Crippen molar-refractivity contribution in [2.24, 2.45) is 0 Å². The Morgan fingerprint density at radius 2 is 2.08 bits per heavy atom. The zero-order chi connectivity index (χ0) is 16.9. The van der Waals surface area contributed by atoms with Crippen LogP contribution in [0.15, 0.2) is 47.4 Å². The van der Waals surface area contributed by atoms with Crippen molar-refractivity contribution in [3.05, 3.63) is 52.3 Å². The maximum absolute atomic E-state index is 12.2. The molecule has 2 N–H and O–H groups in total. The van der Waals surface area contributed by atoms with E-state index in [0.717, 1.165) is 11.3 Å². The SMILES string of the molecule is C[C@H](NC(=O)c1cccs1)C(=O)Nc1nc(-c2cccnc2)cs1. The number of carbonyl (C=O) groups is 2. The molecule has 0 aromatic carbocycles. The van der Waals surface area contributed by atoms with Crippen LogP contribution in [0.4, 0.5) is 5.13 Å². The van der Waals surface area contributed by atoms with Gasteiger partial charge in [-0.25, -0.2) is 4.98 Å². The molecule has 2 amide bonds. The largest absolute Gasteiger partial charge is 0.340 e. The molecular formula is C16H14N4O2S2. The second-order valence-corrected chi connectivity index (χ2v) is 6.75. The predicted molar refractivity (Wildman–Crippen MR) is 95.2 cm³/mol. The van der Waals surface area contributed by atoms with E-state index >= 15 is 0 Å². The average Bonchev–Trinajstić information content (AvgIpc) is 3.27. The fourth-order valence-corrected chi connectivity index (χ4v) is 3.28. The van der Waals surface area contributed by atoms with Crippen LogP contribution in [0, 0.1) is 0 Å². The van der Waals surface area contributed by atoms with Crippen molar-refractivity contribution in [3.8, 4) is 11.3 Å². The lowest BCUT2D eigenvalue weighted by atomic mass is 10.2. The molecule has 8 heteroatoms. The lowest BCUT2D eigenvalue weighted by Gasteiger charge is -2.12. The number of rotatable bonds is 5. The lowest BCUT2D eigenvalue weighted by Crippen LogP contribution is -2.41. The first-order chi connectivity index (χ1) is 11.6. The molecule has 0 aliphatic rings. The van der Waals surface area contributed by atoms with E-state index in [1.165, 1.54) is 22.7 Å². The third-order valence-corrected chi connectivity index (χ3v) is 4.80. The monoisotopic (exact) mass is 358 g/mol. The smallest absolute Gasteiger partial charge is 0.261 e. The summed E-state index contributed by atoms with van der Waals surface area (Å²) >= 11 is 2.65. The molecule has 1 atom stereocenters. The van der Waals surface area contributed by atoms with Gasteiger partial charge in [0.15, 0.2) is 5.13 Å². The fraction of sp³-hybridized carbons (Fsp3) is 0.125. The van der Waals surface area contributed by atoms with Gasteiger partial charge < -0.3 is 10.6 Å². The van der Waals surface area contributed by atoms with Gasteiger partial charge in [0.2, 0.25) is 5.91 Å². The number of carbonyl (C=O) groups excluding carboxylic acids is 2. The van der Waals surface area contributed by atoms with Gasteiger partial charge in [-0.1, -0.05) is 6.07 Å². The number of thiophene rings is 1. The summed E-state index contributed by atoms with van der Waals surface area (Å²) in [4.78, 5) is 33.1. The fourth-order valence-electron chi connectivity index (χ4n) is 1.93. The van der Waals surface area contributed by atoms with Crippen molar-refractivity contribution in [1.82, 2.24) is 15.3 Å². The van der Waals surface area contributed by atoms with Gasteiger partial charge >= 0.3 is 0 Å². The molecule has 0 radical (unpaired) electrons. The van der Waals surface area contributed by atoms with Gasteiger partial charge in [0, 0.05) is 23.3 Å². The van der Waals surface area contributed by atoms with Gasteiger partial charge in [-0.2, -0.15) is 0 Å². The Morgan fingerprint density at radius 3 is 2.79 bits per heavy atom. The Bertz CT molecular complexity index is 831. The van der Waals surface area contributed by atoms with E-state index in [1.54, 1.807) is 31.5 Å². The van der Waals surface area contributed by atoms with Gasteiger partial charge in [0.1, 0.15) is 6.04 Å². The minimum atomic E-state index is -0.662. The molecule has 0 unspecified atom stereocenters. The van der Waals surface area contributed by atoms with E-state index in [1.807, 2.05) is 22.9 Å². The summed E-state index contributed by atoms with van der Waals surface area (Å²) < 4.78 is 0. The highest BCUT2D eigenvalue weighted by Gasteiger charge is 2.18. The van der Waals surface area contributed by atoms with Gasteiger partial charge in [0.05, 0.1) is 10.6 Å². The zero-order valence-electron chi connectivity index (χ0n) is 12.7. The molecular weight excluding hydrogens is 344 g/mol. The van der Waals surface area contributed by atoms with Crippen molar-refractivity contribution in [2.45, 2.75) is 13.0 Å². The summed E-state index contributed by atoms with van der Waals surface area (Å²) in [6.07, 6.45) is 3.40. The predicted octanol–water partition coefficient (Wildman–Crippen LogP) is 3.02. The van der Waals surface area contributed by atoms with Crippen molar-refractivity contribution >= 4 is 39.6 Å². The van der Waals surface area contributed by atoms with Gasteiger partial charge in [-0.15, -0.1) is 22.7 Å². The molecule has 0 bridgehead atoms. The summed E-state index contributed by atoms with van der Waals surface area (Å²) in [5.41, 5.74) is 1.63. The zero-order valence-corrected chi connectivity index (χ0v) is 14.4. The molecule has 122 valence electrons. The molecule has 0 saturated carbocycles. The van der Waals surface area contributed by atoms with E-state index < -0.39 is 6.04 Å². The number of hydrogen-bond donors (Lipinski definition) is 2. The van der Waals surface area contributed by atoms with Gasteiger partial charge in [-0.3, -0.25) is 14.6 Å². The van der Waals surface area contributed by atoms with Crippen molar-refractivity contribution in [3.63, 3.8) is 0 Å². The average molecular weight is 358 g/mol. The first-order valence-corrected chi connectivity index (χ1v) is 8.90. The van der Waals surface area contributed by atoms with Gasteiger partial charge in [0.25, 0.3) is 5.91 Å². The Labute approximate surface area is 146 Å². The Kier molecular flexibility index (Phi) is 4.97. The van der Waals surface area contributed by atoms with Gasteiger partial charge in [-0.05, 0) is 30.5 Å². The number of nitrogens with zero attached hydrogens (tertiary/aromatic N) is 2. The second-order valence-electron chi connectivity index (χ2n) is 4.94. The summed E-state index contributed by atoms with van der Waals surface area (Å²) in [6.45, 7) is 1.64. The molecule has 0 aliphatic heterocycles. The number of thiazole rings is 1. The van der Waals surface area contributed by atoms with Crippen LogP contribution >= 0.6 is 22.7 Å². The molecule has 3 rings (SSSR count). The number of nitrogens with one attached hydrogen (secondary N) is 2. The van der Waals surface area contributed by atoms with E-state index in [0.29, 0.717) is 10.0 Å². The minimum absolute atomic E-state index is 0.261. The van der Waals surface area contributed by atoms with Crippen molar-refractivity contribution < 1.29 is 9.59 Å². The standard InChI is InChI=1S/C16H14N4O2S2/c1-10(18-15(22)13-5-3-7-23-13)14(21)20-16-19-12(9-24-16)11-4-2-6-17-8-11/h2-10H,1H3,(H,18,22)(H,19,20,21)/t10-/m0/s1. The molecule has 6 nitrogen and oxygen atoms in total. The van der Waals surface area contributed by atoms with E-state index in [4.69, 9.17) is 0 Å². The van der Waals surface area contributed by atoms with Crippen LogP contribution in [0.2, 0.25) is 0 Å². The first kappa shape index (κ1) is 16.3. The molecule has 0 spiro atoms. The maximum atomic E-state index is 12.2. The quantitative estimate of drug-likeness (QED) is 0.734. The highest BCUT2D eigenvalue weighted by Crippen LogP contribution is 2.24. The summed E-state index contributed by atoms with van der Waals surface area (Å²) in [7, 11) is 0. The molecule has 0 aliphatic carbocycles. The third-order valence-electron chi connectivity index (χ3n) is 3.18. The highest BCUT2D eigenvalue weighted by molar-refractivity contribution is 7.14. The van der Waals surface area contributed by atoms with Crippen molar-refractivity contribution in [1.29, 1.82) is 0 Å². The minimum Gasteiger partial charge on any atom is -0.340 e. The Balaban J connectivity index is 1.60. The molecule has 24 heavy (non-hydrogen) atoms. The van der Waals surface area contributed by atoms with E-state index in [-0.39, 0.29) is 11.8 Å². The van der Waals surface area contributed by atoms with Crippen LogP contribution in [0.25, 0.3) is 11.3 Å². The van der Waals surface area contributed by atoms with Crippen LogP contribution in [-0.2, 0) is 4.79 Å². The van der Waals surface area contributed by atoms with E-state index in [2.05, 4.69) is 20.6 Å². The Hall–Kier alpha value is -2.58. The summed E-state index contributed by atoms with van der Waals surface area (Å²) in [5.74, 6) is -0.574. The number of hydrogen-bond acceptors (Lipinski definition) is 6. The van der Waals surface area contributed by atoms with Crippen LogP contribution in [0.5, 0.6) is 0 Å². The summed E-state index contributed by atoms with van der Waals surface area (Å²) in [6, 6.07) is 6.57. The van der Waals surface area contributed by atoms with Crippen LogP contribution in [0.1, 0.15) is 16.6 Å². The van der Waals surface area contributed by atoms with Crippen LogP contribution in [-0.4, -0.2) is 27.8 Å². The number of anilines is 1. The highest BCUT2D eigenvalue weighted by atomic mass is 32.1. The molecule has 0 saturated heterocycles. The lowest BCUT2D eigenvalue weighted by molar-refractivity contribution is -0.117. The van der Waals surface area contributed by atoms with Crippen molar-refractivity contribution in [2.75, 3.05) is 5.32 Å². The second kappa shape index (κ2) is 7.33. The topological polar surface area (TPSA) is 84.0 Å². The number of aromatic nitrogens is 2.